The number of H-pyrrole nitrogens is 1. The minimum absolute atomic E-state index is 0.0602. The molecule has 0 amide bonds. The molecule has 5 nitrogen and oxygen atoms in total. The number of nitrogens with zero attached hydrogens (tertiary/aromatic N) is 1. The molecule has 11 heavy (non-hydrogen) atoms. The van der Waals surface area contributed by atoms with Crippen molar-refractivity contribution in [1.29, 1.82) is 0 Å². The molecule has 0 spiro atoms. The van der Waals surface area contributed by atoms with Crippen LogP contribution < -0.4 is 5.73 Å². The van der Waals surface area contributed by atoms with E-state index >= 15 is 0 Å². The van der Waals surface area contributed by atoms with Gasteiger partial charge in [-0.25, -0.2) is 8.42 Å². The van der Waals surface area contributed by atoms with E-state index in [0.717, 1.165) is 6.26 Å². The van der Waals surface area contributed by atoms with Gasteiger partial charge in [0.15, 0.2) is 9.84 Å². The van der Waals surface area contributed by atoms with Gasteiger partial charge in [-0.2, -0.15) is 5.10 Å². The molecule has 0 aliphatic carbocycles. The lowest BCUT2D eigenvalue weighted by molar-refractivity contribution is 0.601. The number of aromatic nitrogens is 2. The van der Waals surface area contributed by atoms with Crippen molar-refractivity contribution < 1.29 is 8.42 Å². The maximum absolute atomic E-state index is 10.8. The zero-order valence-corrected chi connectivity index (χ0v) is 6.85. The summed E-state index contributed by atoms with van der Waals surface area (Å²) in [5.74, 6) is 0.255. The first-order valence-electron chi connectivity index (χ1n) is 2.94. The third kappa shape index (κ3) is 2.23. The van der Waals surface area contributed by atoms with E-state index in [2.05, 4.69) is 10.2 Å². The highest BCUT2D eigenvalue weighted by molar-refractivity contribution is 7.89. The van der Waals surface area contributed by atoms with Crippen LogP contribution >= 0.6 is 0 Å². The molecule has 0 bridgehead atoms. The largest absolute Gasteiger partial charge is 0.384 e. The van der Waals surface area contributed by atoms with Gasteiger partial charge in [-0.05, 0) is 0 Å². The average molecular weight is 175 g/mol. The van der Waals surface area contributed by atoms with Crippen molar-refractivity contribution in [3.8, 4) is 0 Å². The van der Waals surface area contributed by atoms with Gasteiger partial charge >= 0.3 is 0 Å². The number of anilines is 1. The Labute approximate surface area is 64.5 Å². The minimum atomic E-state index is -3.01. The maximum Gasteiger partial charge on any atom is 0.151 e. The van der Waals surface area contributed by atoms with Crippen molar-refractivity contribution in [3.63, 3.8) is 0 Å². The van der Waals surface area contributed by atoms with E-state index in [1.165, 1.54) is 6.20 Å². The Morgan fingerprint density at radius 3 is 2.73 bits per heavy atom. The third-order valence-corrected chi connectivity index (χ3v) is 2.00. The number of sulfone groups is 1. The number of nitrogens with one attached hydrogen (secondary N) is 1. The van der Waals surface area contributed by atoms with E-state index < -0.39 is 9.84 Å². The molecule has 0 atom stereocenters. The molecule has 0 aliphatic rings. The molecule has 0 aromatic carbocycles. The molecule has 1 rings (SSSR count). The summed E-state index contributed by atoms with van der Waals surface area (Å²) in [6.07, 6.45) is 2.57. The number of rotatable bonds is 2. The second-order valence-corrected chi connectivity index (χ2v) is 4.52. The number of hydrogen-bond donors (Lipinski definition) is 2. The smallest absolute Gasteiger partial charge is 0.151 e. The summed E-state index contributed by atoms with van der Waals surface area (Å²) in [7, 11) is -3.01. The van der Waals surface area contributed by atoms with Gasteiger partial charge in [-0.3, -0.25) is 5.10 Å². The molecule has 1 heterocycles. The van der Waals surface area contributed by atoms with E-state index in [9.17, 15) is 8.42 Å². The Bertz CT molecular complexity index is 340. The molecule has 0 radical (unpaired) electrons. The zero-order chi connectivity index (χ0) is 8.48. The molecule has 0 saturated carbocycles. The topological polar surface area (TPSA) is 88.8 Å². The molecular weight excluding hydrogens is 166 g/mol. The van der Waals surface area contributed by atoms with Gasteiger partial charge in [0.25, 0.3) is 0 Å². The van der Waals surface area contributed by atoms with Crippen LogP contribution in [0.25, 0.3) is 0 Å². The van der Waals surface area contributed by atoms with Gasteiger partial charge in [0.2, 0.25) is 0 Å². The number of hydrogen-bond acceptors (Lipinski definition) is 4. The fourth-order valence-electron chi connectivity index (χ4n) is 0.719. The van der Waals surface area contributed by atoms with Crippen LogP contribution in [0.3, 0.4) is 0 Å². The molecule has 3 N–H and O–H groups in total. The number of aromatic amines is 1. The van der Waals surface area contributed by atoms with Crippen LogP contribution in [0.2, 0.25) is 0 Å². The summed E-state index contributed by atoms with van der Waals surface area (Å²) in [4.78, 5) is 0. The normalized spacial score (nSPS) is 11.7. The summed E-state index contributed by atoms with van der Waals surface area (Å²) in [6, 6.07) is 0. The summed E-state index contributed by atoms with van der Waals surface area (Å²) in [5, 5.41) is 6.05. The molecular formula is C5H9N3O2S. The lowest BCUT2D eigenvalue weighted by Gasteiger charge is -1.94. The van der Waals surface area contributed by atoms with E-state index in [-0.39, 0.29) is 5.75 Å². The quantitative estimate of drug-likeness (QED) is 0.636. The van der Waals surface area contributed by atoms with Crippen LogP contribution in [0, 0.1) is 0 Å². The lowest BCUT2D eigenvalue weighted by Crippen LogP contribution is -2.02. The monoisotopic (exact) mass is 175 g/mol. The van der Waals surface area contributed by atoms with Gasteiger partial charge < -0.3 is 5.73 Å². The van der Waals surface area contributed by atoms with E-state index in [0.29, 0.717) is 11.4 Å². The predicted octanol–water partition coefficient (Wildman–Crippen LogP) is -0.463. The first-order valence-corrected chi connectivity index (χ1v) is 5.00. The molecule has 0 aliphatic heterocycles. The third-order valence-electron chi connectivity index (χ3n) is 1.17. The molecule has 0 saturated heterocycles. The van der Waals surface area contributed by atoms with Gasteiger partial charge in [0, 0.05) is 11.8 Å². The summed E-state index contributed by atoms with van der Waals surface area (Å²) >= 11 is 0. The summed E-state index contributed by atoms with van der Waals surface area (Å²) in [5.41, 5.74) is 5.89. The Hall–Kier alpha value is -1.04. The predicted molar refractivity (Wildman–Crippen MR) is 41.5 cm³/mol. The van der Waals surface area contributed by atoms with Gasteiger partial charge in [0.1, 0.15) is 5.82 Å². The summed E-state index contributed by atoms with van der Waals surface area (Å²) in [6.45, 7) is 0. The van der Waals surface area contributed by atoms with E-state index in [1.807, 2.05) is 0 Å². The van der Waals surface area contributed by atoms with Gasteiger partial charge in [-0.15, -0.1) is 0 Å². The van der Waals surface area contributed by atoms with Crippen molar-refractivity contribution in [2.45, 2.75) is 5.75 Å². The average Bonchev–Trinajstić information content (AvgIpc) is 2.12. The molecule has 62 valence electrons. The van der Waals surface area contributed by atoms with Crippen LogP contribution in [0.5, 0.6) is 0 Å². The highest BCUT2D eigenvalue weighted by atomic mass is 32.2. The minimum Gasteiger partial charge on any atom is -0.384 e. The van der Waals surface area contributed by atoms with Crippen LogP contribution in [0.15, 0.2) is 6.20 Å². The fraction of sp³-hybridized carbons (Fsp3) is 0.400. The number of nitrogen functional groups attached to an aromatic ring is 1. The Kier molecular flexibility index (Phi) is 1.86. The summed E-state index contributed by atoms with van der Waals surface area (Å²) < 4.78 is 21.5. The van der Waals surface area contributed by atoms with Crippen molar-refractivity contribution >= 4 is 15.7 Å². The van der Waals surface area contributed by atoms with E-state index in [4.69, 9.17) is 5.73 Å². The highest BCUT2D eigenvalue weighted by Gasteiger charge is 2.08. The standard InChI is InChI=1S/C5H9N3O2S/c1-11(9,10)3-4-2-7-8-5(4)6/h2H,3H2,1H3,(H3,6,7,8). The molecule has 1 aromatic rings. The van der Waals surface area contributed by atoms with Gasteiger partial charge in [0.05, 0.1) is 11.9 Å². The molecule has 0 fully saturated rings. The van der Waals surface area contributed by atoms with Crippen molar-refractivity contribution in [2.24, 2.45) is 0 Å². The van der Waals surface area contributed by atoms with Gasteiger partial charge in [-0.1, -0.05) is 0 Å². The van der Waals surface area contributed by atoms with E-state index in [1.54, 1.807) is 0 Å². The lowest BCUT2D eigenvalue weighted by atomic mass is 10.4. The molecule has 1 aromatic heterocycles. The second kappa shape index (κ2) is 2.54. The maximum atomic E-state index is 10.8. The Morgan fingerprint density at radius 1 is 1.73 bits per heavy atom. The molecule has 6 heteroatoms. The van der Waals surface area contributed by atoms with Crippen LogP contribution in [-0.4, -0.2) is 24.9 Å². The number of nitrogens with two attached hydrogens (primary N) is 1. The van der Waals surface area contributed by atoms with Crippen LogP contribution in [-0.2, 0) is 15.6 Å². The second-order valence-electron chi connectivity index (χ2n) is 2.38. The van der Waals surface area contributed by atoms with Crippen molar-refractivity contribution in [2.75, 3.05) is 12.0 Å². The Morgan fingerprint density at radius 2 is 2.36 bits per heavy atom. The van der Waals surface area contributed by atoms with Crippen molar-refractivity contribution in [3.05, 3.63) is 11.8 Å². The first-order chi connectivity index (χ1) is 4.99. The fourth-order valence-corrected chi connectivity index (χ4v) is 1.51. The van der Waals surface area contributed by atoms with Crippen LogP contribution in [0.1, 0.15) is 5.56 Å². The van der Waals surface area contributed by atoms with Crippen LogP contribution in [0.4, 0.5) is 5.82 Å². The first kappa shape index (κ1) is 8.06. The SMILES string of the molecule is CS(=O)(=O)Cc1cn[nH]c1N. The molecule has 0 unspecified atom stereocenters. The Balaban J connectivity index is 2.89. The van der Waals surface area contributed by atoms with Crippen molar-refractivity contribution in [1.82, 2.24) is 10.2 Å². The zero-order valence-electron chi connectivity index (χ0n) is 6.03. The highest BCUT2D eigenvalue weighted by Crippen LogP contribution is 2.09.